The first-order chi connectivity index (χ1) is 9.86. The lowest BCUT2D eigenvalue weighted by Crippen LogP contribution is -2.19. The molecule has 0 heterocycles. The molecule has 0 fully saturated rings. The Labute approximate surface area is 129 Å². The molecule has 0 atom stereocenters. The fourth-order valence-corrected chi connectivity index (χ4v) is 2.73. The van der Waals surface area contributed by atoms with Crippen LogP contribution in [-0.4, -0.2) is 6.29 Å². The molecule has 0 unspecified atom stereocenters. The van der Waals surface area contributed by atoms with Crippen molar-refractivity contribution in [3.8, 4) is 0 Å². The first-order valence-corrected chi connectivity index (χ1v) is 7.72. The molecule has 0 aromatic heterocycles. The predicted molar refractivity (Wildman–Crippen MR) is 92.2 cm³/mol. The molecule has 1 heteroatoms. The van der Waals surface area contributed by atoms with E-state index in [-0.39, 0.29) is 0 Å². The zero-order valence-electron chi connectivity index (χ0n) is 14.1. The van der Waals surface area contributed by atoms with Gasteiger partial charge in [0.15, 0.2) is 0 Å². The van der Waals surface area contributed by atoms with Crippen LogP contribution in [-0.2, 0) is 4.79 Å². The van der Waals surface area contributed by atoms with Gasteiger partial charge in [0.2, 0.25) is 0 Å². The van der Waals surface area contributed by atoms with Crippen LogP contribution >= 0.6 is 0 Å². The first kappa shape index (κ1) is 17.4. The molecular formula is C20H28O. The van der Waals surface area contributed by atoms with E-state index in [0.29, 0.717) is 5.41 Å². The average Bonchev–Trinajstić information content (AvgIpc) is 2.42. The molecule has 0 radical (unpaired) electrons. The largest absolute Gasteiger partial charge is 0.298 e. The molecule has 0 bridgehead atoms. The highest BCUT2D eigenvalue weighted by Gasteiger charge is 2.26. The number of carbonyl (C=O) groups is 1. The van der Waals surface area contributed by atoms with Crippen molar-refractivity contribution in [2.45, 2.75) is 53.9 Å². The highest BCUT2D eigenvalue weighted by molar-refractivity contribution is 5.72. The van der Waals surface area contributed by atoms with Crippen LogP contribution in [0.1, 0.15) is 53.9 Å². The van der Waals surface area contributed by atoms with Crippen molar-refractivity contribution in [1.29, 1.82) is 0 Å². The van der Waals surface area contributed by atoms with Gasteiger partial charge in [-0.05, 0) is 56.6 Å². The van der Waals surface area contributed by atoms with E-state index in [1.165, 1.54) is 36.0 Å². The minimum Gasteiger partial charge on any atom is -0.298 e. The van der Waals surface area contributed by atoms with Crippen LogP contribution in [0, 0.1) is 5.41 Å². The van der Waals surface area contributed by atoms with E-state index < -0.39 is 0 Å². The summed E-state index contributed by atoms with van der Waals surface area (Å²) in [5, 5.41) is 0. The van der Waals surface area contributed by atoms with Gasteiger partial charge in [-0.25, -0.2) is 0 Å². The molecule has 0 aromatic rings. The number of carbonyl (C=O) groups excluding carboxylic acids is 1. The Morgan fingerprint density at radius 3 is 2.29 bits per heavy atom. The average molecular weight is 284 g/mol. The summed E-state index contributed by atoms with van der Waals surface area (Å²) in [6.07, 6.45) is 16.9. The van der Waals surface area contributed by atoms with Gasteiger partial charge in [-0.1, -0.05) is 61.4 Å². The molecule has 0 aliphatic heterocycles. The number of rotatable bonds is 5. The molecular weight excluding hydrogens is 256 g/mol. The lowest BCUT2D eigenvalue weighted by molar-refractivity contribution is -0.104. The van der Waals surface area contributed by atoms with Gasteiger partial charge in [-0.3, -0.25) is 4.79 Å². The van der Waals surface area contributed by atoms with Crippen molar-refractivity contribution in [2.75, 3.05) is 0 Å². The zero-order chi connectivity index (χ0) is 15.9. The summed E-state index contributed by atoms with van der Waals surface area (Å²) in [4.78, 5) is 10.5. The molecule has 1 aliphatic carbocycles. The van der Waals surface area contributed by atoms with Crippen molar-refractivity contribution in [1.82, 2.24) is 0 Å². The van der Waals surface area contributed by atoms with E-state index in [9.17, 15) is 4.79 Å². The van der Waals surface area contributed by atoms with Crippen LogP contribution in [0.2, 0.25) is 0 Å². The predicted octanol–water partition coefficient (Wildman–Crippen LogP) is 5.72. The molecule has 0 saturated carbocycles. The summed E-state index contributed by atoms with van der Waals surface area (Å²) >= 11 is 0. The molecule has 0 N–H and O–H groups in total. The Morgan fingerprint density at radius 2 is 1.71 bits per heavy atom. The SMILES string of the molecule is CC1=C(/C=C/C(C)=C/C=C/C=C(\C)C=O)C(C)(C)CCC1. The molecule has 1 aliphatic rings. The summed E-state index contributed by atoms with van der Waals surface area (Å²) < 4.78 is 0. The smallest absolute Gasteiger partial charge is 0.145 e. The molecule has 0 amide bonds. The minimum absolute atomic E-state index is 0.290. The molecule has 0 saturated heterocycles. The molecule has 21 heavy (non-hydrogen) atoms. The second kappa shape index (κ2) is 7.97. The van der Waals surface area contributed by atoms with Crippen molar-refractivity contribution in [3.63, 3.8) is 0 Å². The quantitative estimate of drug-likeness (QED) is 0.358. The third kappa shape index (κ3) is 5.71. The Balaban J connectivity index is 2.77. The molecule has 0 aromatic carbocycles. The fourth-order valence-electron chi connectivity index (χ4n) is 2.73. The number of hydrogen-bond acceptors (Lipinski definition) is 1. The van der Waals surface area contributed by atoms with Crippen LogP contribution in [0.5, 0.6) is 0 Å². The highest BCUT2D eigenvalue weighted by atomic mass is 16.1. The standard InChI is InChI=1S/C20H28O/c1-16(9-6-7-10-17(2)15-21)12-13-19-18(3)11-8-14-20(19,4)5/h6-7,9-10,12-13,15H,8,11,14H2,1-5H3/b7-6+,13-12+,16-9+,17-10+. The molecule has 114 valence electrons. The maximum Gasteiger partial charge on any atom is 0.145 e. The zero-order valence-corrected chi connectivity index (χ0v) is 14.1. The third-order valence-corrected chi connectivity index (χ3v) is 4.07. The second-order valence-corrected chi connectivity index (χ2v) is 6.59. The lowest BCUT2D eigenvalue weighted by atomic mass is 9.72. The van der Waals surface area contributed by atoms with Crippen LogP contribution in [0.3, 0.4) is 0 Å². The van der Waals surface area contributed by atoms with Gasteiger partial charge in [-0.2, -0.15) is 0 Å². The molecule has 0 spiro atoms. The van der Waals surface area contributed by atoms with Crippen LogP contribution in [0.4, 0.5) is 0 Å². The van der Waals surface area contributed by atoms with Crippen molar-refractivity contribution in [2.24, 2.45) is 5.41 Å². The monoisotopic (exact) mass is 284 g/mol. The maximum absolute atomic E-state index is 10.5. The third-order valence-electron chi connectivity index (χ3n) is 4.07. The number of hydrogen-bond donors (Lipinski definition) is 0. The Kier molecular flexibility index (Phi) is 6.61. The van der Waals surface area contributed by atoms with E-state index in [1.54, 1.807) is 6.92 Å². The Morgan fingerprint density at radius 1 is 1.10 bits per heavy atom. The fraction of sp³-hybridized carbons (Fsp3) is 0.450. The van der Waals surface area contributed by atoms with Gasteiger partial charge in [0.25, 0.3) is 0 Å². The van der Waals surface area contributed by atoms with Gasteiger partial charge in [0.05, 0.1) is 0 Å². The van der Waals surface area contributed by atoms with E-state index >= 15 is 0 Å². The van der Waals surface area contributed by atoms with Crippen molar-refractivity contribution < 1.29 is 4.79 Å². The van der Waals surface area contributed by atoms with Gasteiger partial charge < -0.3 is 0 Å². The summed E-state index contributed by atoms with van der Waals surface area (Å²) in [6.45, 7) is 10.8. The Hall–Kier alpha value is -1.63. The van der Waals surface area contributed by atoms with E-state index in [2.05, 4.69) is 45.9 Å². The summed E-state index contributed by atoms with van der Waals surface area (Å²) in [5.41, 5.74) is 5.25. The van der Waals surface area contributed by atoms with Crippen LogP contribution in [0.25, 0.3) is 0 Å². The lowest BCUT2D eigenvalue weighted by Gasteiger charge is -2.32. The maximum atomic E-state index is 10.5. The summed E-state index contributed by atoms with van der Waals surface area (Å²) in [5.74, 6) is 0. The normalized spacial score (nSPS) is 20.6. The van der Waals surface area contributed by atoms with Crippen LogP contribution in [0.15, 0.2) is 58.7 Å². The van der Waals surface area contributed by atoms with Gasteiger partial charge in [-0.15, -0.1) is 0 Å². The highest BCUT2D eigenvalue weighted by Crippen LogP contribution is 2.40. The van der Waals surface area contributed by atoms with Crippen molar-refractivity contribution in [3.05, 3.63) is 58.7 Å². The molecule has 1 nitrogen and oxygen atoms in total. The van der Waals surface area contributed by atoms with E-state index in [0.717, 1.165) is 11.9 Å². The Bertz CT molecular complexity index is 522. The topological polar surface area (TPSA) is 17.1 Å². The van der Waals surface area contributed by atoms with E-state index in [1.807, 2.05) is 18.2 Å². The van der Waals surface area contributed by atoms with Crippen molar-refractivity contribution >= 4 is 6.29 Å². The van der Waals surface area contributed by atoms with Gasteiger partial charge in [0.1, 0.15) is 6.29 Å². The van der Waals surface area contributed by atoms with Crippen LogP contribution < -0.4 is 0 Å². The second-order valence-electron chi connectivity index (χ2n) is 6.59. The first-order valence-electron chi connectivity index (χ1n) is 7.72. The number of aldehydes is 1. The van der Waals surface area contributed by atoms with Gasteiger partial charge >= 0.3 is 0 Å². The summed E-state index contributed by atoms with van der Waals surface area (Å²) in [7, 11) is 0. The molecule has 1 rings (SSSR count). The summed E-state index contributed by atoms with van der Waals surface area (Å²) in [6, 6.07) is 0. The van der Waals surface area contributed by atoms with Gasteiger partial charge in [0, 0.05) is 0 Å². The minimum atomic E-state index is 0.290. The number of allylic oxidation sites excluding steroid dienone is 10. The van der Waals surface area contributed by atoms with E-state index in [4.69, 9.17) is 0 Å².